The second-order valence-electron chi connectivity index (χ2n) is 5.85. The fourth-order valence-electron chi connectivity index (χ4n) is 2.33. The molecule has 3 aromatic rings. The minimum Gasteiger partial charge on any atom is -0.492 e. The molecule has 2 aromatic heterocycles. The number of carboxylic acid groups (broad SMARTS) is 1. The molecule has 1 atom stereocenters. The van der Waals surface area contributed by atoms with Crippen LogP contribution in [0.15, 0.2) is 33.3 Å². The minimum absolute atomic E-state index is 0.103. The van der Waals surface area contributed by atoms with E-state index in [0.717, 1.165) is 4.80 Å². The summed E-state index contributed by atoms with van der Waals surface area (Å²) in [6.45, 7) is 2.31. The molecule has 0 aliphatic carbocycles. The van der Waals surface area contributed by atoms with Crippen LogP contribution in [0.25, 0.3) is 11.6 Å². The van der Waals surface area contributed by atoms with Gasteiger partial charge in [-0.3, -0.25) is 0 Å². The van der Waals surface area contributed by atoms with Gasteiger partial charge >= 0.3 is 5.97 Å². The maximum atomic E-state index is 13.2. The second kappa shape index (κ2) is 9.45. The molecule has 1 N–H and O–H groups in total. The van der Waals surface area contributed by atoms with E-state index in [1.54, 1.807) is 13.0 Å². The number of halogens is 2. The molecule has 0 bridgehead atoms. The highest BCUT2D eigenvalue weighted by atomic mass is 79.9. The highest BCUT2D eigenvalue weighted by Crippen LogP contribution is 2.25. The molecule has 3 rings (SSSR count). The first kappa shape index (κ1) is 20.7. The molecule has 0 saturated carbocycles. The third kappa shape index (κ3) is 5.28. The van der Waals surface area contributed by atoms with Gasteiger partial charge in [0.1, 0.15) is 11.6 Å². The molecule has 0 radical (unpaired) electrons. The Labute approximate surface area is 172 Å². The van der Waals surface area contributed by atoms with Crippen LogP contribution >= 0.6 is 15.9 Å². The van der Waals surface area contributed by atoms with Gasteiger partial charge in [-0.05, 0) is 44.9 Å². The van der Waals surface area contributed by atoms with Crippen molar-refractivity contribution in [3.63, 3.8) is 0 Å². The molecule has 0 amide bonds. The van der Waals surface area contributed by atoms with Gasteiger partial charge < -0.3 is 19.1 Å². The highest BCUT2D eigenvalue weighted by Gasteiger charge is 2.22. The summed E-state index contributed by atoms with van der Waals surface area (Å²) in [5.41, 5.74) is 0. The summed E-state index contributed by atoms with van der Waals surface area (Å²) in [5, 5.41) is 24.4. The van der Waals surface area contributed by atoms with Crippen LogP contribution in [0, 0.1) is 5.82 Å². The first-order chi connectivity index (χ1) is 14.0. The molecule has 2 heterocycles. The Balaban J connectivity index is 1.49. The van der Waals surface area contributed by atoms with Crippen molar-refractivity contribution in [2.45, 2.75) is 25.8 Å². The van der Waals surface area contributed by atoms with Crippen LogP contribution in [-0.2, 0) is 4.79 Å². The molecule has 12 heteroatoms. The second-order valence-corrected chi connectivity index (χ2v) is 6.70. The van der Waals surface area contributed by atoms with Gasteiger partial charge in [-0.1, -0.05) is 6.92 Å². The number of hydrogen-bond acceptors (Lipinski definition) is 8. The molecule has 0 aliphatic rings. The van der Waals surface area contributed by atoms with E-state index in [-0.39, 0.29) is 29.9 Å². The standard InChI is InChI=1S/C17H17BrFN5O5/c1-2-12(17(25)26)24-21-16(20-23-24)14-9-15(22-29-14)28-7-3-6-27-13-8-10(19)4-5-11(13)18/h4-5,8-9,12H,2-3,6-7H2,1H3,(H,25,26). The van der Waals surface area contributed by atoms with Crippen LogP contribution < -0.4 is 9.47 Å². The van der Waals surface area contributed by atoms with Crippen molar-refractivity contribution < 1.29 is 28.3 Å². The molecule has 0 saturated heterocycles. The van der Waals surface area contributed by atoms with Gasteiger partial charge in [-0.15, -0.1) is 15.0 Å². The lowest BCUT2D eigenvalue weighted by Gasteiger charge is -2.08. The number of aromatic nitrogens is 5. The van der Waals surface area contributed by atoms with E-state index >= 15 is 0 Å². The molecular formula is C17H17BrFN5O5. The van der Waals surface area contributed by atoms with E-state index in [4.69, 9.17) is 19.1 Å². The lowest BCUT2D eigenvalue weighted by molar-refractivity contribution is -0.141. The van der Waals surface area contributed by atoms with E-state index in [2.05, 4.69) is 36.5 Å². The molecule has 154 valence electrons. The summed E-state index contributed by atoms with van der Waals surface area (Å²) in [6, 6.07) is 4.77. The van der Waals surface area contributed by atoms with Crippen molar-refractivity contribution in [3.8, 4) is 23.2 Å². The quantitative estimate of drug-likeness (QED) is 0.445. The zero-order chi connectivity index (χ0) is 20.8. The highest BCUT2D eigenvalue weighted by molar-refractivity contribution is 9.10. The average molecular weight is 470 g/mol. The minimum atomic E-state index is -1.05. The number of tetrazole rings is 1. The number of hydrogen-bond donors (Lipinski definition) is 1. The van der Waals surface area contributed by atoms with Crippen LogP contribution in [-0.4, -0.2) is 49.7 Å². The number of rotatable bonds is 10. The van der Waals surface area contributed by atoms with E-state index in [9.17, 15) is 9.18 Å². The van der Waals surface area contributed by atoms with Crippen molar-refractivity contribution >= 4 is 21.9 Å². The van der Waals surface area contributed by atoms with Crippen LogP contribution in [0.5, 0.6) is 11.6 Å². The molecule has 0 fully saturated rings. The van der Waals surface area contributed by atoms with Crippen molar-refractivity contribution in [2.24, 2.45) is 0 Å². The Hall–Kier alpha value is -3.02. The van der Waals surface area contributed by atoms with Gasteiger partial charge in [0.2, 0.25) is 11.6 Å². The smallest absolute Gasteiger partial charge is 0.330 e. The lowest BCUT2D eigenvalue weighted by Crippen LogP contribution is -2.20. The van der Waals surface area contributed by atoms with Crippen LogP contribution in [0.1, 0.15) is 25.8 Å². The molecule has 1 unspecified atom stereocenters. The van der Waals surface area contributed by atoms with E-state index in [1.165, 1.54) is 18.2 Å². The van der Waals surface area contributed by atoms with Gasteiger partial charge in [-0.25, -0.2) is 9.18 Å². The molecular weight excluding hydrogens is 453 g/mol. The molecule has 0 aliphatic heterocycles. The summed E-state index contributed by atoms with van der Waals surface area (Å²) in [5.74, 6) is -0.500. The fourth-order valence-corrected chi connectivity index (χ4v) is 2.69. The maximum absolute atomic E-state index is 13.2. The van der Waals surface area contributed by atoms with Crippen molar-refractivity contribution in [1.29, 1.82) is 0 Å². The SMILES string of the molecule is CCC(C(=O)O)n1nnc(-c2cc(OCCCOc3cc(F)ccc3Br)no2)n1. The first-order valence-electron chi connectivity index (χ1n) is 8.68. The maximum Gasteiger partial charge on any atom is 0.330 e. The average Bonchev–Trinajstić information content (AvgIpc) is 3.34. The summed E-state index contributed by atoms with van der Waals surface area (Å²) in [7, 11) is 0. The van der Waals surface area contributed by atoms with Crippen LogP contribution in [0.3, 0.4) is 0 Å². The number of nitrogens with zero attached hydrogens (tertiary/aromatic N) is 5. The monoisotopic (exact) mass is 469 g/mol. The molecule has 29 heavy (non-hydrogen) atoms. The number of benzene rings is 1. The van der Waals surface area contributed by atoms with Gasteiger partial charge in [0, 0.05) is 12.5 Å². The topological polar surface area (TPSA) is 125 Å². The largest absolute Gasteiger partial charge is 0.492 e. The van der Waals surface area contributed by atoms with Crippen LogP contribution in [0.2, 0.25) is 0 Å². The first-order valence-corrected chi connectivity index (χ1v) is 9.47. The number of aliphatic carboxylic acids is 1. The van der Waals surface area contributed by atoms with Gasteiger partial charge in [-0.2, -0.15) is 0 Å². The van der Waals surface area contributed by atoms with Gasteiger partial charge in [0.05, 0.1) is 23.8 Å². The number of carboxylic acids is 1. The van der Waals surface area contributed by atoms with Crippen molar-refractivity contribution in [3.05, 3.63) is 34.6 Å². The zero-order valence-corrected chi connectivity index (χ0v) is 16.9. The zero-order valence-electron chi connectivity index (χ0n) is 15.3. The Morgan fingerprint density at radius 3 is 2.90 bits per heavy atom. The van der Waals surface area contributed by atoms with Crippen molar-refractivity contribution in [2.75, 3.05) is 13.2 Å². The Morgan fingerprint density at radius 1 is 1.34 bits per heavy atom. The van der Waals surface area contributed by atoms with Gasteiger partial charge in [0.25, 0.3) is 5.88 Å². The lowest BCUT2D eigenvalue weighted by atomic mass is 10.2. The Morgan fingerprint density at radius 2 is 2.14 bits per heavy atom. The number of ether oxygens (including phenoxy) is 2. The Bertz CT molecular complexity index is 979. The number of carbonyl (C=O) groups is 1. The molecule has 0 spiro atoms. The van der Waals surface area contributed by atoms with Crippen LogP contribution in [0.4, 0.5) is 4.39 Å². The Kier molecular flexibility index (Phi) is 6.75. The summed E-state index contributed by atoms with van der Waals surface area (Å²) >= 11 is 3.29. The van der Waals surface area contributed by atoms with Gasteiger partial charge in [0.15, 0.2) is 6.04 Å². The van der Waals surface area contributed by atoms with E-state index in [1.807, 2.05) is 0 Å². The summed E-state index contributed by atoms with van der Waals surface area (Å²) in [6.07, 6.45) is 0.834. The third-order valence-corrected chi connectivity index (χ3v) is 4.43. The third-order valence-electron chi connectivity index (χ3n) is 3.78. The van der Waals surface area contributed by atoms with Crippen molar-refractivity contribution in [1.82, 2.24) is 25.4 Å². The fraction of sp³-hybridized carbons (Fsp3) is 0.353. The molecule has 1 aromatic carbocycles. The van der Waals surface area contributed by atoms with E-state index in [0.29, 0.717) is 29.7 Å². The van der Waals surface area contributed by atoms with E-state index < -0.39 is 12.0 Å². The normalized spacial score (nSPS) is 12.0. The summed E-state index contributed by atoms with van der Waals surface area (Å²) < 4.78 is 29.9. The summed E-state index contributed by atoms with van der Waals surface area (Å²) in [4.78, 5) is 12.2. The predicted molar refractivity (Wildman–Crippen MR) is 100.0 cm³/mol. The molecule has 10 nitrogen and oxygen atoms in total. The predicted octanol–water partition coefficient (Wildman–Crippen LogP) is 3.11.